The van der Waals surface area contributed by atoms with Gasteiger partial charge in [0.25, 0.3) is 5.91 Å². The van der Waals surface area contributed by atoms with Crippen LogP contribution in [0.5, 0.6) is 0 Å². The molecule has 4 rings (SSSR count). The Bertz CT molecular complexity index is 832. The summed E-state index contributed by atoms with van der Waals surface area (Å²) in [5.41, 5.74) is 2.74. The second kappa shape index (κ2) is 9.06. The van der Waals surface area contributed by atoms with Crippen molar-refractivity contribution in [2.75, 3.05) is 25.0 Å². The first kappa shape index (κ1) is 20.0. The maximum absolute atomic E-state index is 12.6. The number of carbonyl (C=O) groups excluding carboxylic acids is 1. The minimum Gasteiger partial charge on any atom is -0.373 e. The van der Waals surface area contributed by atoms with Crippen molar-refractivity contribution in [1.82, 2.24) is 9.88 Å². The topological polar surface area (TPSA) is 54.5 Å². The van der Waals surface area contributed by atoms with Gasteiger partial charge in [0.1, 0.15) is 5.82 Å². The van der Waals surface area contributed by atoms with Crippen molar-refractivity contribution in [3.8, 4) is 0 Å². The zero-order chi connectivity index (χ0) is 20.2. The molecule has 1 aliphatic carbocycles. The van der Waals surface area contributed by atoms with E-state index in [1.807, 2.05) is 43.3 Å². The summed E-state index contributed by atoms with van der Waals surface area (Å²) in [5, 5.41) is 2.89. The predicted octanol–water partition coefficient (Wildman–Crippen LogP) is 4.59. The van der Waals surface area contributed by atoms with Gasteiger partial charge in [-0.3, -0.25) is 4.79 Å². The summed E-state index contributed by atoms with van der Waals surface area (Å²) in [4.78, 5) is 19.4. The molecule has 1 aromatic heterocycles. The number of anilines is 1. The molecule has 2 aromatic rings. The average Bonchev–Trinajstić information content (AvgIpc) is 3.58. The molecule has 2 heterocycles. The second-order valence-corrected chi connectivity index (χ2v) is 8.31. The first-order valence-corrected chi connectivity index (χ1v) is 10.8. The van der Waals surface area contributed by atoms with Gasteiger partial charge < -0.3 is 15.0 Å². The van der Waals surface area contributed by atoms with Crippen LogP contribution in [-0.2, 0) is 4.74 Å². The molecule has 29 heavy (non-hydrogen) atoms. The zero-order valence-corrected chi connectivity index (χ0v) is 17.4. The van der Waals surface area contributed by atoms with Gasteiger partial charge in [0.05, 0.1) is 6.10 Å². The van der Waals surface area contributed by atoms with Crippen LogP contribution in [-0.4, -0.2) is 41.5 Å². The lowest BCUT2D eigenvalue weighted by molar-refractivity contribution is -0.0285. The smallest absolute Gasteiger partial charge is 0.256 e. The van der Waals surface area contributed by atoms with Gasteiger partial charge in [0.15, 0.2) is 0 Å². The SMILES string of the molecule is CCN(CC1CC1)[C@@H]1CCO[C@H](c2ccc(C(=O)Nc3ncccc3C)cc2)C1. The fourth-order valence-electron chi connectivity index (χ4n) is 4.16. The maximum atomic E-state index is 12.6. The molecule has 5 nitrogen and oxygen atoms in total. The normalized spacial score (nSPS) is 21.9. The third-order valence-corrected chi connectivity index (χ3v) is 6.15. The molecular weight excluding hydrogens is 362 g/mol. The minimum absolute atomic E-state index is 0.108. The minimum atomic E-state index is -0.137. The molecule has 1 amide bonds. The summed E-state index contributed by atoms with van der Waals surface area (Å²) >= 11 is 0. The molecule has 0 unspecified atom stereocenters. The zero-order valence-electron chi connectivity index (χ0n) is 17.4. The van der Waals surface area contributed by atoms with Gasteiger partial charge in [-0.25, -0.2) is 4.98 Å². The third kappa shape index (κ3) is 5.03. The number of hydrogen-bond acceptors (Lipinski definition) is 4. The van der Waals surface area contributed by atoms with Crippen molar-refractivity contribution in [3.63, 3.8) is 0 Å². The standard InChI is InChI=1S/C24H31N3O2/c1-3-27(16-18-6-7-18)21-12-14-29-22(15-21)19-8-10-20(11-9-19)24(28)26-23-17(2)5-4-13-25-23/h4-5,8-11,13,18,21-22H,3,6-7,12,14-16H2,1-2H3,(H,25,26,28)/t21-,22+/m1/s1. The number of hydrogen-bond donors (Lipinski definition) is 1. The third-order valence-electron chi connectivity index (χ3n) is 6.15. The number of nitrogens with zero attached hydrogens (tertiary/aromatic N) is 2. The second-order valence-electron chi connectivity index (χ2n) is 8.31. The average molecular weight is 394 g/mol. The van der Waals surface area contributed by atoms with E-state index in [0.717, 1.165) is 43.0 Å². The summed E-state index contributed by atoms with van der Waals surface area (Å²) in [7, 11) is 0. The largest absolute Gasteiger partial charge is 0.373 e. The highest BCUT2D eigenvalue weighted by Gasteiger charge is 2.31. The van der Waals surface area contributed by atoms with E-state index in [2.05, 4.69) is 22.1 Å². The van der Waals surface area contributed by atoms with E-state index in [9.17, 15) is 4.79 Å². The number of ether oxygens (including phenoxy) is 1. The van der Waals surface area contributed by atoms with E-state index in [1.165, 1.54) is 19.4 Å². The van der Waals surface area contributed by atoms with Crippen LogP contribution < -0.4 is 5.32 Å². The molecule has 0 spiro atoms. The lowest BCUT2D eigenvalue weighted by atomic mass is 9.95. The molecular formula is C24H31N3O2. The molecule has 1 aromatic carbocycles. The van der Waals surface area contributed by atoms with Gasteiger partial charge >= 0.3 is 0 Å². The van der Waals surface area contributed by atoms with Crippen LogP contribution >= 0.6 is 0 Å². The van der Waals surface area contributed by atoms with Crippen molar-refractivity contribution in [2.45, 2.75) is 51.7 Å². The first-order chi connectivity index (χ1) is 14.1. The molecule has 1 saturated carbocycles. The summed E-state index contributed by atoms with van der Waals surface area (Å²) in [5.74, 6) is 1.38. The molecule has 5 heteroatoms. The van der Waals surface area contributed by atoms with Crippen molar-refractivity contribution < 1.29 is 9.53 Å². The number of rotatable bonds is 7. The van der Waals surface area contributed by atoms with Crippen LogP contribution in [0.15, 0.2) is 42.6 Å². The monoisotopic (exact) mass is 393 g/mol. The van der Waals surface area contributed by atoms with Gasteiger partial charge in [-0.1, -0.05) is 25.1 Å². The number of aryl methyl sites for hydroxylation is 1. The van der Waals surface area contributed by atoms with E-state index < -0.39 is 0 Å². The van der Waals surface area contributed by atoms with E-state index in [4.69, 9.17) is 4.74 Å². The van der Waals surface area contributed by atoms with Crippen molar-refractivity contribution in [1.29, 1.82) is 0 Å². The maximum Gasteiger partial charge on any atom is 0.256 e. The lowest BCUT2D eigenvalue weighted by Crippen LogP contribution is -2.41. The highest BCUT2D eigenvalue weighted by molar-refractivity contribution is 6.04. The number of nitrogens with one attached hydrogen (secondary N) is 1. The van der Waals surface area contributed by atoms with Gasteiger partial charge in [0, 0.05) is 31.0 Å². The highest BCUT2D eigenvalue weighted by atomic mass is 16.5. The highest BCUT2D eigenvalue weighted by Crippen LogP contribution is 2.34. The van der Waals surface area contributed by atoms with Crippen LogP contribution in [0.1, 0.15) is 60.2 Å². The molecule has 0 bridgehead atoms. The summed E-state index contributed by atoms with van der Waals surface area (Å²) in [6.45, 7) is 7.35. The van der Waals surface area contributed by atoms with Crippen LogP contribution in [0.3, 0.4) is 0 Å². The Hall–Kier alpha value is -2.24. The van der Waals surface area contributed by atoms with Gasteiger partial charge in [-0.15, -0.1) is 0 Å². The van der Waals surface area contributed by atoms with Crippen molar-refractivity contribution >= 4 is 11.7 Å². The molecule has 2 atom stereocenters. The Morgan fingerprint density at radius 2 is 2.00 bits per heavy atom. The lowest BCUT2D eigenvalue weighted by Gasteiger charge is -2.37. The molecule has 2 fully saturated rings. The Labute approximate surface area is 173 Å². The number of aromatic nitrogens is 1. The van der Waals surface area contributed by atoms with E-state index in [0.29, 0.717) is 17.4 Å². The Kier molecular flexibility index (Phi) is 6.26. The number of amides is 1. The molecule has 0 radical (unpaired) electrons. The molecule has 154 valence electrons. The van der Waals surface area contributed by atoms with E-state index in [-0.39, 0.29) is 12.0 Å². The van der Waals surface area contributed by atoms with E-state index in [1.54, 1.807) is 6.20 Å². The molecule has 2 aliphatic rings. The molecule has 1 aliphatic heterocycles. The van der Waals surface area contributed by atoms with Crippen molar-refractivity contribution in [3.05, 3.63) is 59.3 Å². The van der Waals surface area contributed by atoms with Crippen molar-refractivity contribution in [2.24, 2.45) is 5.92 Å². The fraction of sp³-hybridized carbons (Fsp3) is 0.500. The van der Waals surface area contributed by atoms with Gasteiger partial charge in [0.2, 0.25) is 0 Å². The number of carbonyl (C=O) groups is 1. The van der Waals surface area contributed by atoms with Gasteiger partial charge in [-0.2, -0.15) is 0 Å². The number of pyridine rings is 1. The first-order valence-electron chi connectivity index (χ1n) is 10.8. The van der Waals surface area contributed by atoms with Crippen LogP contribution in [0.25, 0.3) is 0 Å². The summed E-state index contributed by atoms with van der Waals surface area (Å²) < 4.78 is 6.08. The Morgan fingerprint density at radius 3 is 2.69 bits per heavy atom. The Balaban J connectivity index is 1.39. The summed E-state index contributed by atoms with van der Waals surface area (Å²) in [6, 6.07) is 12.2. The Morgan fingerprint density at radius 1 is 1.21 bits per heavy atom. The predicted molar refractivity (Wildman–Crippen MR) is 115 cm³/mol. The van der Waals surface area contributed by atoms with Crippen LogP contribution in [0.2, 0.25) is 0 Å². The summed E-state index contributed by atoms with van der Waals surface area (Å²) in [6.07, 6.45) is 6.72. The fourth-order valence-corrected chi connectivity index (χ4v) is 4.16. The molecule has 1 saturated heterocycles. The van der Waals surface area contributed by atoms with Crippen LogP contribution in [0.4, 0.5) is 5.82 Å². The van der Waals surface area contributed by atoms with E-state index >= 15 is 0 Å². The number of benzene rings is 1. The quantitative estimate of drug-likeness (QED) is 0.747. The van der Waals surface area contributed by atoms with Crippen LogP contribution in [0, 0.1) is 12.8 Å². The van der Waals surface area contributed by atoms with Gasteiger partial charge in [-0.05, 0) is 74.4 Å². The molecule has 1 N–H and O–H groups in total.